The Bertz CT molecular complexity index is 675. The van der Waals surface area contributed by atoms with Gasteiger partial charge >= 0.3 is 6.18 Å². The molecule has 1 aromatic heterocycles. The van der Waals surface area contributed by atoms with E-state index in [1.165, 1.54) is 6.07 Å². The standard InChI is InChI=1S/C14H9F3N2O/c1-9-2-3-13(10(4-9)6-18)20-12-5-11(7-19-8-12)14(15,16)17/h2-5,7-8H,1H3. The van der Waals surface area contributed by atoms with Crippen LogP contribution in [0, 0.1) is 18.3 Å². The molecular weight excluding hydrogens is 269 g/mol. The lowest BCUT2D eigenvalue weighted by Crippen LogP contribution is -2.05. The summed E-state index contributed by atoms with van der Waals surface area (Å²) in [6.45, 7) is 1.80. The number of nitrogens with zero attached hydrogens (tertiary/aromatic N) is 2. The van der Waals surface area contributed by atoms with Gasteiger partial charge in [-0.05, 0) is 30.7 Å². The number of aryl methyl sites for hydroxylation is 1. The summed E-state index contributed by atoms with van der Waals surface area (Å²) >= 11 is 0. The van der Waals surface area contributed by atoms with E-state index in [2.05, 4.69) is 4.98 Å². The zero-order valence-electron chi connectivity index (χ0n) is 10.4. The average Bonchev–Trinajstić information content (AvgIpc) is 2.40. The second-order valence-corrected chi connectivity index (χ2v) is 4.12. The van der Waals surface area contributed by atoms with Gasteiger partial charge in [-0.1, -0.05) is 6.07 Å². The van der Waals surface area contributed by atoms with Crippen molar-refractivity contribution in [2.24, 2.45) is 0 Å². The van der Waals surface area contributed by atoms with E-state index in [1.807, 2.05) is 6.07 Å². The molecule has 0 amide bonds. The van der Waals surface area contributed by atoms with Gasteiger partial charge in [-0.2, -0.15) is 18.4 Å². The van der Waals surface area contributed by atoms with E-state index in [-0.39, 0.29) is 17.1 Å². The van der Waals surface area contributed by atoms with Crippen molar-refractivity contribution in [3.8, 4) is 17.6 Å². The molecule has 0 fully saturated rings. The number of benzene rings is 1. The Kier molecular flexibility index (Phi) is 3.61. The van der Waals surface area contributed by atoms with Crippen LogP contribution in [0.15, 0.2) is 36.7 Å². The molecule has 102 valence electrons. The van der Waals surface area contributed by atoms with E-state index in [4.69, 9.17) is 10.00 Å². The molecule has 1 aromatic carbocycles. The van der Waals surface area contributed by atoms with Crippen molar-refractivity contribution < 1.29 is 17.9 Å². The second-order valence-electron chi connectivity index (χ2n) is 4.12. The van der Waals surface area contributed by atoms with Gasteiger partial charge in [0.2, 0.25) is 0 Å². The van der Waals surface area contributed by atoms with E-state index >= 15 is 0 Å². The summed E-state index contributed by atoms with van der Waals surface area (Å²) in [5.74, 6) is 0.124. The maximum absolute atomic E-state index is 12.6. The van der Waals surface area contributed by atoms with Crippen LogP contribution in [-0.2, 0) is 6.18 Å². The van der Waals surface area contributed by atoms with Gasteiger partial charge < -0.3 is 4.74 Å². The molecule has 2 rings (SSSR count). The molecule has 1 heterocycles. The van der Waals surface area contributed by atoms with Gasteiger partial charge in [0.05, 0.1) is 17.3 Å². The molecule has 2 aromatic rings. The first-order valence-corrected chi connectivity index (χ1v) is 5.61. The number of pyridine rings is 1. The Labute approximate surface area is 113 Å². The number of halogens is 3. The third kappa shape index (κ3) is 3.06. The highest BCUT2D eigenvalue weighted by Gasteiger charge is 2.31. The summed E-state index contributed by atoms with van der Waals surface area (Å²) in [7, 11) is 0. The number of nitriles is 1. The molecule has 0 aliphatic rings. The minimum absolute atomic E-state index is 0.0693. The first-order chi connectivity index (χ1) is 9.40. The van der Waals surface area contributed by atoms with Gasteiger partial charge in [0.25, 0.3) is 0 Å². The molecule has 6 heteroatoms. The van der Waals surface area contributed by atoms with Gasteiger partial charge in [0, 0.05) is 6.20 Å². The van der Waals surface area contributed by atoms with Gasteiger partial charge in [-0.15, -0.1) is 0 Å². The average molecular weight is 278 g/mol. The Balaban J connectivity index is 2.34. The predicted molar refractivity (Wildman–Crippen MR) is 65.2 cm³/mol. The summed E-state index contributed by atoms with van der Waals surface area (Å²) in [5.41, 5.74) is 0.207. The molecule has 0 radical (unpaired) electrons. The summed E-state index contributed by atoms with van der Waals surface area (Å²) in [6, 6.07) is 7.61. The molecule has 3 nitrogen and oxygen atoms in total. The Morgan fingerprint density at radius 1 is 1.20 bits per heavy atom. The van der Waals surface area contributed by atoms with Crippen LogP contribution in [0.4, 0.5) is 13.2 Å². The fraction of sp³-hybridized carbons (Fsp3) is 0.143. The van der Waals surface area contributed by atoms with Crippen LogP contribution in [0.3, 0.4) is 0 Å². The van der Waals surface area contributed by atoms with E-state index in [0.29, 0.717) is 6.20 Å². The number of rotatable bonds is 2. The van der Waals surface area contributed by atoms with Crippen molar-refractivity contribution in [1.82, 2.24) is 4.98 Å². The smallest absolute Gasteiger partial charge is 0.418 e. The van der Waals surface area contributed by atoms with Crippen LogP contribution >= 0.6 is 0 Å². The Hall–Kier alpha value is -2.55. The zero-order chi connectivity index (χ0) is 14.8. The molecule has 20 heavy (non-hydrogen) atoms. The van der Waals surface area contributed by atoms with E-state index in [1.54, 1.807) is 19.1 Å². The van der Waals surface area contributed by atoms with E-state index in [0.717, 1.165) is 17.8 Å². The lowest BCUT2D eigenvalue weighted by Gasteiger charge is -2.10. The van der Waals surface area contributed by atoms with E-state index in [9.17, 15) is 13.2 Å². The highest BCUT2D eigenvalue weighted by atomic mass is 19.4. The molecule has 0 spiro atoms. The van der Waals surface area contributed by atoms with Crippen LogP contribution in [0.25, 0.3) is 0 Å². The topological polar surface area (TPSA) is 45.9 Å². The van der Waals surface area contributed by atoms with Crippen LogP contribution < -0.4 is 4.74 Å². The summed E-state index contributed by atoms with van der Waals surface area (Å²) in [5, 5.41) is 8.98. The minimum Gasteiger partial charge on any atom is -0.454 e. The molecule has 0 saturated carbocycles. The summed E-state index contributed by atoms with van der Waals surface area (Å²) in [6.07, 6.45) is -2.61. The number of hydrogen-bond donors (Lipinski definition) is 0. The van der Waals surface area contributed by atoms with Gasteiger partial charge in [-0.25, -0.2) is 0 Å². The van der Waals surface area contributed by atoms with Gasteiger partial charge in [0.15, 0.2) is 0 Å². The van der Waals surface area contributed by atoms with Gasteiger partial charge in [0.1, 0.15) is 17.6 Å². The number of hydrogen-bond acceptors (Lipinski definition) is 3. The van der Waals surface area contributed by atoms with Crippen LogP contribution in [0.1, 0.15) is 16.7 Å². The van der Waals surface area contributed by atoms with E-state index < -0.39 is 11.7 Å². The molecule has 0 aliphatic heterocycles. The normalized spacial score (nSPS) is 10.9. The summed E-state index contributed by atoms with van der Waals surface area (Å²) < 4.78 is 43.0. The molecule has 0 saturated heterocycles. The first kappa shape index (κ1) is 13.9. The SMILES string of the molecule is Cc1ccc(Oc2cncc(C(F)(F)F)c2)c(C#N)c1. The van der Waals surface area contributed by atoms with Crippen molar-refractivity contribution >= 4 is 0 Å². The molecule has 0 bridgehead atoms. The molecule has 0 N–H and O–H groups in total. The highest BCUT2D eigenvalue weighted by molar-refractivity contribution is 5.47. The fourth-order valence-electron chi connectivity index (χ4n) is 1.58. The molecule has 0 aliphatic carbocycles. The van der Waals surface area contributed by atoms with Crippen molar-refractivity contribution in [1.29, 1.82) is 5.26 Å². The van der Waals surface area contributed by atoms with Crippen molar-refractivity contribution in [3.05, 3.63) is 53.3 Å². The largest absolute Gasteiger partial charge is 0.454 e. The van der Waals surface area contributed by atoms with Crippen molar-refractivity contribution in [3.63, 3.8) is 0 Å². The monoisotopic (exact) mass is 278 g/mol. The second kappa shape index (κ2) is 5.21. The lowest BCUT2D eigenvalue weighted by molar-refractivity contribution is -0.137. The Morgan fingerprint density at radius 2 is 1.95 bits per heavy atom. The van der Waals surface area contributed by atoms with Crippen LogP contribution in [-0.4, -0.2) is 4.98 Å². The first-order valence-electron chi connectivity index (χ1n) is 5.61. The lowest BCUT2D eigenvalue weighted by atomic mass is 10.1. The number of aromatic nitrogens is 1. The van der Waals surface area contributed by atoms with Crippen molar-refractivity contribution in [2.45, 2.75) is 13.1 Å². The third-order valence-electron chi connectivity index (χ3n) is 2.52. The predicted octanol–water partition coefficient (Wildman–Crippen LogP) is 4.07. The fourth-order valence-corrected chi connectivity index (χ4v) is 1.58. The minimum atomic E-state index is -4.49. The maximum Gasteiger partial charge on any atom is 0.418 e. The molecular formula is C14H9F3N2O. The zero-order valence-corrected chi connectivity index (χ0v) is 10.4. The maximum atomic E-state index is 12.6. The third-order valence-corrected chi connectivity index (χ3v) is 2.52. The van der Waals surface area contributed by atoms with Crippen LogP contribution in [0.5, 0.6) is 11.5 Å². The number of alkyl halides is 3. The highest BCUT2D eigenvalue weighted by Crippen LogP contribution is 2.32. The van der Waals surface area contributed by atoms with Gasteiger partial charge in [-0.3, -0.25) is 4.98 Å². The van der Waals surface area contributed by atoms with Crippen LogP contribution in [0.2, 0.25) is 0 Å². The molecule has 0 atom stereocenters. The molecule has 0 unspecified atom stereocenters. The Morgan fingerprint density at radius 3 is 2.60 bits per heavy atom. The van der Waals surface area contributed by atoms with Crippen molar-refractivity contribution in [2.75, 3.05) is 0 Å². The quantitative estimate of drug-likeness (QED) is 0.831. The number of ether oxygens (including phenoxy) is 1. The summed E-state index contributed by atoms with van der Waals surface area (Å²) in [4.78, 5) is 3.49.